The standard InChI is InChI=1S/C60H92N8O15S/c1-12-38(4)43(34-51(72)60(7,8)66(9)10)58(78)67(11)47(37(2)3)35-50(83-40(6)69)57-65-46(36-84-57)56(77)62-42(31-39(5)59(79)80)32-41-20-21-49(71)45(33-41)64-53(74)24-28-82-30-29-81-27-16-18-48(70)44(17-13-14-25-61)63-52(73)19-15-26-68-54(75)22-23-55(68)76/h20-23,33,36-39,42-44,47,50,71H,12-19,24-32,34-35,61H2,1-11H3,(H,62,77)(H,63,73)(H,64,74)(H,79,80)/p+1/t38-,39?,42+,43-,44-,47+,50+/m0/s1. The van der Waals surface area contributed by atoms with Gasteiger partial charge in [-0.15, -0.1) is 11.3 Å². The second-order valence-corrected chi connectivity index (χ2v) is 23.7. The van der Waals surface area contributed by atoms with E-state index in [1.54, 1.807) is 18.0 Å². The van der Waals surface area contributed by atoms with Crippen LogP contribution in [0.1, 0.15) is 160 Å². The van der Waals surface area contributed by atoms with Crippen molar-refractivity contribution in [3.63, 3.8) is 0 Å². The largest absolute Gasteiger partial charge is 0.506 e. The molecule has 7 atom stereocenters. The molecule has 2 heterocycles. The van der Waals surface area contributed by atoms with Crippen LogP contribution >= 0.6 is 11.3 Å². The van der Waals surface area contributed by atoms with Gasteiger partial charge in [-0.05, 0) is 102 Å². The molecule has 0 saturated heterocycles. The maximum Gasteiger partial charge on any atom is 0.306 e. The molecule has 468 valence electrons. The molecule has 0 bridgehead atoms. The fourth-order valence-corrected chi connectivity index (χ4v) is 10.3. The lowest BCUT2D eigenvalue weighted by Gasteiger charge is -2.38. The molecule has 6 amide bonds. The zero-order valence-corrected chi connectivity index (χ0v) is 51.9. The number of carbonyl (C=O) groups excluding carboxylic acids is 9. The Kier molecular flexibility index (Phi) is 30.5. The number of likely N-dealkylation sites (N-methyl/N-ethyl adjacent to an activating group) is 1. The number of carbonyl (C=O) groups is 10. The highest BCUT2D eigenvalue weighted by molar-refractivity contribution is 7.09. The summed E-state index contributed by atoms with van der Waals surface area (Å²) >= 11 is 1.10. The van der Waals surface area contributed by atoms with Gasteiger partial charge in [0.2, 0.25) is 17.7 Å². The number of phenolic OH excluding ortho intramolecular Hbond substituents is 1. The number of phenols is 1. The van der Waals surface area contributed by atoms with Crippen molar-refractivity contribution < 1.29 is 78.1 Å². The smallest absolute Gasteiger partial charge is 0.306 e. The molecule has 0 spiro atoms. The summed E-state index contributed by atoms with van der Waals surface area (Å²) in [4.78, 5) is 138. The Bertz CT molecular complexity index is 2570. The van der Waals surface area contributed by atoms with E-state index in [-0.39, 0.29) is 137 Å². The number of carboxylic acid groups (broad SMARTS) is 1. The molecule has 0 fully saturated rings. The van der Waals surface area contributed by atoms with Crippen LogP contribution < -0.4 is 21.7 Å². The van der Waals surface area contributed by atoms with E-state index in [0.717, 1.165) is 22.7 Å². The molecule has 1 aliphatic rings. The molecule has 0 radical (unpaired) electrons. The van der Waals surface area contributed by atoms with Crippen LogP contribution in [-0.4, -0.2) is 173 Å². The van der Waals surface area contributed by atoms with Crippen molar-refractivity contribution >= 4 is 76.0 Å². The predicted octanol–water partition coefficient (Wildman–Crippen LogP) is 5.05. The Labute approximate surface area is 498 Å². The van der Waals surface area contributed by atoms with Gasteiger partial charge in [-0.3, -0.25) is 57.7 Å². The van der Waals surface area contributed by atoms with E-state index in [0.29, 0.717) is 42.8 Å². The number of rotatable bonds is 41. The van der Waals surface area contributed by atoms with E-state index < -0.39 is 77.2 Å². The fourth-order valence-electron chi connectivity index (χ4n) is 9.43. The third-order valence-corrected chi connectivity index (χ3v) is 16.4. The maximum absolute atomic E-state index is 14.4. The van der Waals surface area contributed by atoms with Gasteiger partial charge in [0, 0.05) is 88.3 Å². The van der Waals surface area contributed by atoms with E-state index in [1.807, 2.05) is 60.5 Å². The summed E-state index contributed by atoms with van der Waals surface area (Å²) < 4.78 is 17.0. The number of hydrogen-bond donors (Lipinski definition) is 6. The van der Waals surface area contributed by atoms with Crippen LogP contribution in [0.2, 0.25) is 0 Å². The highest BCUT2D eigenvalue weighted by Crippen LogP contribution is 2.33. The van der Waals surface area contributed by atoms with Crippen LogP contribution in [-0.2, 0) is 63.8 Å². The molecule has 2 aromatic rings. The number of unbranched alkanes of at least 4 members (excludes halogenated alkanes) is 1. The number of amides is 6. The van der Waals surface area contributed by atoms with Crippen LogP contribution in [0.15, 0.2) is 35.7 Å². The highest BCUT2D eigenvalue weighted by atomic mass is 32.1. The van der Waals surface area contributed by atoms with Crippen LogP contribution in [0.4, 0.5) is 5.69 Å². The van der Waals surface area contributed by atoms with Crippen molar-refractivity contribution in [1.29, 1.82) is 0 Å². The number of ketones is 2. The predicted molar refractivity (Wildman–Crippen MR) is 315 cm³/mol. The number of hydrogen-bond acceptors (Lipinski definition) is 17. The number of quaternary nitrogens is 1. The van der Waals surface area contributed by atoms with Gasteiger partial charge < -0.3 is 51.0 Å². The normalized spacial score (nSPS) is 15.0. The summed E-state index contributed by atoms with van der Waals surface area (Å²) in [6.45, 7) is 15.7. The van der Waals surface area contributed by atoms with E-state index in [4.69, 9.17) is 14.2 Å². The number of imide groups is 1. The highest BCUT2D eigenvalue weighted by Gasteiger charge is 2.39. The lowest BCUT2D eigenvalue weighted by atomic mass is 9.81. The minimum absolute atomic E-state index is 0.00490. The van der Waals surface area contributed by atoms with Crippen molar-refractivity contribution in [1.82, 2.24) is 30.3 Å². The molecule has 8 N–H and O–H groups in total. The molecule has 1 aliphatic heterocycles. The Morgan fingerprint density at radius 1 is 0.845 bits per heavy atom. The van der Waals surface area contributed by atoms with E-state index in [9.17, 15) is 58.2 Å². The first kappa shape index (κ1) is 71.8. The van der Waals surface area contributed by atoms with Gasteiger partial charge in [-0.25, -0.2) is 4.98 Å². The van der Waals surface area contributed by atoms with Crippen LogP contribution in [0.5, 0.6) is 5.75 Å². The SMILES string of the molecule is CC[C@H](C)[C@H](CC(=O)C(C)(C)N(C)C)C(=O)N(C)[C@H](C[C@@H](OC(C)=O)c1nc(C(=O)N[C@@H](Cc2ccc(O)c(NC(=O)CCOCCOCCCC(=O)[C@H](CCCC[NH3+])NC(=O)CCCN3C(=O)C=CC3=O)c2)CC(C)C(=O)O)cs1)C(C)C. The number of esters is 1. The first-order valence-electron chi connectivity index (χ1n) is 29.2. The van der Waals surface area contributed by atoms with Crippen molar-refractivity contribution in [3.8, 4) is 5.75 Å². The summed E-state index contributed by atoms with van der Waals surface area (Å²) in [5.41, 5.74) is 3.69. The molecule has 1 aromatic heterocycles. The van der Waals surface area contributed by atoms with Crippen molar-refractivity contribution in [2.45, 2.75) is 169 Å². The number of thiazole rings is 1. The molecule has 3 rings (SSSR count). The van der Waals surface area contributed by atoms with E-state index in [1.165, 1.54) is 43.5 Å². The number of aromatic nitrogens is 1. The Morgan fingerprint density at radius 2 is 1.51 bits per heavy atom. The number of ether oxygens (including phenoxy) is 3. The molecule has 84 heavy (non-hydrogen) atoms. The summed E-state index contributed by atoms with van der Waals surface area (Å²) in [5.74, 6) is -6.23. The molecule has 24 heteroatoms. The second-order valence-electron chi connectivity index (χ2n) is 22.8. The molecule has 23 nitrogen and oxygen atoms in total. The van der Waals surface area contributed by atoms with E-state index in [2.05, 4.69) is 26.7 Å². The molecule has 0 aliphatic carbocycles. The van der Waals surface area contributed by atoms with Gasteiger partial charge in [0.25, 0.3) is 17.7 Å². The monoisotopic (exact) mass is 1200 g/mol. The number of nitrogens with zero attached hydrogens (tertiary/aromatic N) is 4. The number of aliphatic carboxylic acids is 1. The third kappa shape index (κ3) is 23.5. The minimum Gasteiger partial charge on any atom is -0.506 e. The lowest BCUT2D eigenvalue weighted by molar-refractivity contribution is -0.368. The molecule has 0 saturated carbocycles. The van der Waals surface area contributed by atoms with Gasteiger partial charge in [-0.2, -0.15) is 0 Å². The van der Waals surface area contributed by atoms with Crippen molar-refractivity contribution in [2.24, 2.45) is 23.7 Å². The molecule has 1 aromatic carbocycles. The number of nitrogens with one attached hydrogen (secondary N) is 3. The van der Waals surface area contributed by atoms with Gasteiger partial charge in [-0.1, -0.05) is 47.1 Å². The number of anilines is 1. The summed E-state index contributed by atoms with van der Waals surface area (Å²) in [7, 11) is 5.35. The van der Waals surface area contributed by atoms with Crippen molar-refractivity contribution in [3.05, 3.63) is 52.0 Å². The first-order chi connectivity index (χ1) is 39.6. The summed E-state index contributed by atoms with van der Waals surface area (Å²) in [6.07, 6.45) is 5.22. The Morgan fingerprint density at radius 3 is 2.12 bits per heavy atom. The average Bonchev–Trinajstić information content (AvgIpc) is 3.71. The fraction of sp³-hybridized carbons (Fsp3) is 0.650. The Balaban J connectivity index is 1.57. The van der Waals surface area contributed by atoms with Crippen LogP contribution in [0.3, 0.4) is 0 Å². The zero-order valence-electron chi connectivity index (χ0n) is 51.1. The van der Waals surface area contributed by atoms with Crippen molar-refractivity contribution in [2.75, 3.05) is 66.0 Å². The van der Waals surface area contributed by atoms with Gasteiger partial charge in [0.05, 0.1) is 56.0 Å². The number of carboxylic acids is 1. The van der Waals surface area contributed by atoms with Crippen LogP contribution in [0, 0.1) is 23.7 Å². The summed E-state index contributed by atoms with van der Waals surface area (Å²) in [6, 6.07) is 2.60. The molecular formula is C60H93N8O15S+. The quantitative estimate of drug-likeness (QED) is 0.0219. The topological polar surface area (TPSA) is 325 Å². The number of benzene rings is 1. The second kappa shape index (κ2) is 35.7. The Hall–Kier alpha value is -6.47. The molecule has 1 unspecified atom stereocenters. The number of Topliss-reactive ketones (excluding diaryl/α,β-unsaturated/α-hetero) is 2. The third-order valence-electron chi connectivity index (χ3n) is 15.4. The average molecular weight is 1200 g/mol. The lowest BCUT2D eigenvalue weighted by Crippen LogP contribution is -2.50. The minimum atomic E-state index is -1.08. The number of aromatic hydroxyl groups is 1. The van der Waals surface area contributed by atoms with Gasteiger partial charge >= 0.3 is 11.9 Å². The van der Waals surface area contributed by atoms with Gasteiger partial charge in [0.1, 0.15) is 16.5 Å². The zero-order chi connectivity index (χ0) is 62.8. The van der Waals surface area contributed by atoms with Gasteiger partial charge in [0.15, 0.2) is 17.7 Å². The first-order valence-corrected chi connectivity index (χ1v) is 30.0. The molecular weight excluding hydrogens is 1100 g/mol. The summed E-state index contributed by atoms with van der Waals surface area (Å²) in [5, 5.41) is 30.8. The van der Waals surface area contributed by atoms with E-state index >= 15 is 0 Å². The van der Waals surface area contributed by atoms with Crippen LogP contribution in [0.25, 0.3) is 0 Å². The maximum atomic E-state index is 14.4.